The second kappa shape index (κ2) is 4.56. The summed E-state index contributed by atoms with van der Waals surface area (Å²) in [5.41, 5.74) is 0. The van der Waals surface area contributed by atoms with Crippen LogP contribution < -0.4 is 5.32 Å². The highest BCUT2D eigenvalue weighted by Gasteiger charge is 2.01. The summed E-state index contributed by atoms with van der Waals surface area (Å²) in [6, 6.07) is 3.51. The van der Waals surface area contributed by atoms with Gasteiger partial charge in [0.1, 0.15) is 12.4 Å². The molecule has 0 radical (unpaired) electrons. The Morgan fingerprint density at radius 3 is 3.17 bits per heavy atom. The number of carbonyl (C=O) groups excluding carboxylic acids is 1. The van der Waals surface area contributed by atoms with Gasteiger partial charge in [0, 0.05) is 0 Å². The SMILES string of the molecule is CNCC(=O)OCc1ccco1. The van der Waals surface area contributed by atoms with Crippen molar-refractivity contribution in [2.24, 2.45) is 0 Å². The molecule has 0 aliphatic rings. The van der Waals surface area contributed by atoms with Gasteiger partial charge in [-0.05, 0) is 19.2 Å². The van der Waals surface area contributed by atoms with Gasteiger partial charge in [-0.1, -0.05) is 0 Å². The average molecular weight is 169 g/mol. The fourth-order valence-electron chi connectivity index (χ4n) is 0.742. The number of likely N-dealkylation sites (N-methyl/N-ethyl adjacent to an activating group) is 1. The van der Waals surface area contributed by atoms with Crippen molar-refractivity contribution in [3.8, 4) is 0 Å². The molecule has 0 bridgehead atoms. The van der Waals surface area contributed by atoms with Gasteiger partial charge in [0.15, 0.2) is 0 Å². The first kappa shape index (κ1) is 8.80. The maximum Gasteiger partial charge on any atom is 0.320 e. The molecule has 4 nitrogen and oxygen atoms in total. The first-order chi connectivity index (χ1) is 5.83. The minimum atomic E-state index is -0.283. The Hall–Kier alpha value is -1.29. The topological polar surface area (TPSA) is 51.5 Å². The van der Waals surface area contributed by atoms with Gasteiger partial charge in [-0.2, -0.15) is 0 Å². The molecule has 1 rings (SSSR count). The Balaban J connectivity index is 2.22. The zero-order valence-corrected chi connectivity index (χ0v) is 6.87. The summed E-state index contributed by atoms with van der Waals surface area (Å²) in [6.07, 6.45) is 1.54. The Bertz CT molecular complexity index is 230. The molecule has 0 fully saturated rings. The summed E-state index contributed by atoms with van der Waals surface area (Å²) in [7, 11) is 1.69. The van der Waals surface area contributed by atoms with Gasteiger partial charge in [0.25, 0.3) is 0 Å². The van der Waals surface area contributed by atoms with Gasteiger partial charge in [-0.15, -0.1) is 0 Å². The molecule has 0 aromatic carbocycles. The maximum absolute atomic E-state index is 10.8. The maximum atomic E-state index is 10.8. The number of furan rings is 1. The second-order valence-electron chi connectivity index (χ2n) is 2.27. The molecular formula is C8H11NO3. The standard InChI is InChI=1S/C8H11NO3/c1-9-5-8(10)12-6-7-3-2-4-11-7/h2-4,9H,5-6H2,1H3. The van der Waals surface area contributed by atoms with Crippen molar-refractivity contribution in [2.75, 3.05) is 13.6 Å². The van der Waals surface area contributed by atoms with Gasteiger partial charge in [-0.3, -0.25) is 4.79 Å². The second-order valence-corrected chi connectivity index (χ2v) is 2.27. The van der Waals surface area contributed by atoms with Crippen LogP contribution >= 0.6 is 0 Å². The number of hydrogen-bond acceptors (Lipinski definition) is 4. The van der Waals surface area contributed by atoms with Crippen molar-refractivity contribution in [3.63, 3.8) is 0 Å². The Morgan fingerprint density at radius 2 is 2.58 bits per heavy atom. The first-order valence-electron chi connectivity index (χ1n) is 3.65. The number of nitrogens with one attached hydrogen (secondary N) is 1. The van der Waals surface area contributed by atoms with Crippen molar-refractivity contribution in [1.82, 2.24) is 5.32 Å². The first-order valence-corrected chi connectivity index (χ1v) is 3.65. The lowest BCUT2D eigenvalue weighted by atomic mass is 10.5. The highest BCUT2D eigenvalue weighted by molar-refractivity contribution is 5.71. The summed E-state index contributed by atoms with van der Waals surface area (Å²) in [4.78, 5) is 10.8. The Morgan fingerprint density at radius 1 is 1.75 bits per heavy atom. The van der Waals surface area contributed by atoms with Crippen LogP contribution in [-0.2, 0) is 16.1 Å². The lowest BCUT2D eigenvalue weighted by Crippen LogP contribution is -2.20. The van der Waals surface area contributed by atoms with E-state index in [1.807, 2.05) is 0 Å². The molecule has 1 N–H and O–H groups in total. The number of esters is 1. The van der Waals surface area contributed by atoms with Crippen LogP contribution in [0.25, 0.3) is 0 Å². The van der Waals surface area contributed by atoms with E-state index in [0.29, 0.717) is 5.76 Å². The molecular weight excluding hydrogens is 158 g/mol. The molecule has 1 heterocycles. The lowest BCUT2D eigenvalue weighted by molar-refractivity contribution is -0.144. The molecule has 4 heteroatoms. The van der Waals surface area contributed by atoms with Crippen molar-refractivity contribution >= 4 is 5.97 Å². The summed E-state index contributed by atoms with van der Waals surface area (Å²) >= 11 is 0. The molecule has 0 spiro atoms. The van der Waals surface area contributed by atoms with Crippen LogP contribution in [0.2, 0.25) is 0 Å². The van der Waals surface area contributed by atoms with E-state index in [1.54, 1.807) is 25.4 Å². The predicted octanol–water partition coefficient (Wildman–Crippen LogP) is 0.542. The number of carbonyl (C=O) groups is 1. The molecule has 0 atom stereocenters. The molecule has 1 aromatic rings. The van der Waals surface area contributed by atoms with E-state index in [0.717, 1.165) is 0 Å². The quantitative estimate of drug-likeness (QED) is 0.668. The molecule has 0 aliphatic heterocycles. The fourth-order valence-corrected chi connectivity index (χ4v) is 0.742. The van der Waals surface area contributed by atoms with Gasteiger partial charge in [-0.25, -0.2) is 0 Å². The van der Waals surface area contributed by atoms with E-state index >= 15 is 0 Å². The van der Waals surface area contributed by atoms with Crippen molar-refractivity contribution in [2.45, 2.75) is 6.61 Å². The zero-order chi connectivity index (χ0) is 8.81. The average Bonchev–Trinajstić information content (AvgIpc) is 2.53. The van der Waals surface area contributed by atoms with Crippen LogP contribution in [0.5, 0.6) is 0 Å². The number of rotatable bonds is 4. The third-order valence-corrected chi connectivity index (χ3v) is 1.28. The fraction of sp³-hybridized carbons (Fsp3) is 0.375. The Kier molecular flexibility index (Phi) is 3.35. The minimum absolute atomic E-state index is 0.202. The third-order valence-electron chi connectivity index (χ3n) is 1.28. The molecule has 0 saturated carbocycles. The molecule has 12 heavy (non-hydrogen) atoms. The van der Waals surface area contributed by atoms with E-state index < -0.39 is 0 Å². The lowest BCUT2D eigenvalue weighted by Gasteiger charge is -2.00. The minimum Gasteiger partial charge on any atom is -0.466 e. The summed E-state index contributed by atoms with van der Waals surface area (Å²) in [5, 5.41) is 2.69. The summed E-state index contributed by atoms with van der Waals surface area (Å²) in [5.74, 6) is 0.369. The summed E-state index contributed by atoms with van der Waals surface area (Å²) < 4.78 is 9.80. The van der Waals surface area contributed by atoms with E-state index in [4.69, 9.17) is 9.15 Å². The van der Waals surface area contributed by atoms with Gasteiger partial charge >= 0.3 is 5.97 Å². The molecule has 66 valence electrons. The number of ether oxygens (including phenoxy) is 1. The molecule has 0 aliphatic carbocycles. The molecule has 0 saturated heterocycles. The monoisotopic (exact) mass is 169 g/mol. The van der Waals surface area contributed by atoms with Crippen molar-refractivity contribution < 1.29 is 13.9 Å². The van der Waals surface area contributed by atoms with Gasteiger partial charge < -0.3 is 14.5 Å². The van der Waals surface area contributed by atoms with E-state index in [2.05, 4.69) is 5.32 Å². The van der Waals surface area contributed by atoms with Crippen molar-refractivity contribution in [3.05, 3.63) is 24.2 Å². The van der Waals surface area contributed by atoms with Crippen molar-refractivity contribution in [1.29, 1.82) is 0 Å². The largest absolute Gasteiger partial charge is 0.466 e. The van der Waals surface area contributed by atoms with E-state index in [1.165, 1.54) is 0 Å². The van der Waals surface area contributed by atoms with Crippen LogP contribution in [-0.4, -0.2) is 19.6 Å². The van der Waals surface area contributed by atoms with E-state index in [-0.39, 0.29) is 19.1 Å². The number of hydrogen-bond donors (Lipinski definition) is 1. The highest BCUT2D eigenvalue weighted by atomic mass is 16.5. The third kappa shape index (κ3) is 2.75. The van der Waals surface area contributed by atoms with Crippen LogP contribution in [0.1, 0.15) is 5.76 Å². The van der Waals surface area contributed by atoms with Gasteiger partial charge in [0.2, 0.25) is 0 Å². The zero-order valence-electron chi connectivity index (χ0n) is 6.87. The smallest absolute Gasteiger partial charge is 0.320 e. The van der Waals surface area contributed by atoms with Crippen LogP contribution in [0.4, 0.5) is 0 Å². The van der Waals surface area contributed by atoms with Crippen LogP contribution in [0.3, 0.4) is 0 Å². The summed E-state index contributed by atoms with van der Waals surface area (Å²) in [6.45, 7) is 0.425. The predicted molar refractivity (Wildman–Crippen MR) is 42.4 cm³/mol. The molecule has 1 aromatic heterocycles. The normalized spacial score (nSPS) is 9.75. The van der Waals surface area contributed by atoms with E-state index in [9.17, 15) is 4.79 Å². The molecule has 0 amide bonds. The van der Waals surface area contributed by atoms with Crippen LogP contribution in [0, 0.1) is 0 Å². The molecule has 0 unspecified atom stereocenters. The van der Waals surface area contributed by atoms with Crippen LogP contribution in [0.15, 0.2) is 22.8 Å². The van der Waals surface area contributed by atoms with Gasteiger partial charge in [0.05, 0.1) is 12.8 Å². The highest BCUT2D eigenvalue weighted by Crippen LogP contribution is 2.01. The Labute approximate surface area is 70.5 Å².